The number of phosphoric acid groups is 1. The van der Waals surface area contributed by atoms with Crippen molar-refractivity contribution in [2.24, 2.45) is 0 Å². The Bertz CT molecular complexity index is 197. The molecule has 72 valence electrons. The fourth-order valence-electron chi connectivity index (χ4n) is 0. The molecule has 4 N–H and O–H groups in total. The van der Waals surface area contributed by atoms with E-state index in [9.17, 15) is 0 Å². The molecule has 0 bridgehead atoms. The monoisotopic (exact) mass is 248 g/mol. The second kappa shape index (κ2) is 9.14. The van der Waals surface area contributed by atoms with Crippen molar-refractivity contribution in [1.82, 2.24) is 6.15 Å². The van der Waals surface area contributed by atoms with Gasteiger partial charge in [0.25, 0.3) is 0 Å². The first-order chi connectivity index (χ1) is 4.00. The minimum absolute atomic E-state index is 0. The molecule has 9 nitrogen and oxygen atoms in total. The van der Waals surface area contributed by atoms with Gasteiger partial charge in [0.05, 0.1) is 0 Å². The van der Waals surface area contributed by atoms with Crippen LogP contribution in [-0.4, -0.2) is 17.5 Å². The second-order valence-electron chi connectivity index (χ2n) is 0.855. The van der Waals surface area contributed by atoms with Crippen LogP contribution in [0.25, 0.3) is 0 Å². The zero-order valence-corrected chi connectivity index (χ0v) is 11.0. The van der Waals surface area contributed by atoms with E-state index in [0.717, 1.165) is 0 Å². The van der Waals surface area contributed by atoms with Gasteiger partial charge in [0.2, 0.25) is 0 Å². The standard InChI is InChI=1S/K.H3N.H3O4P.H2O4S/c;;2*1-5(2,3)4/h;1H3;(H3,1,2,3,4);(H2,1,2,3,4)/q+1;;;/p-4. The maximum atomic E-state index is 8.55. The molecule has 0 heterocycles. The van der Waals surface area contributed by atoms with Gasteiger partial charge in [0, 0.05) is 10.4 Å². The van der Waals surface area contributed by atoms with Gasteiger partial charge in [-0.3, -0.25) is 8.42 Å². The van der Waals surface area contributed by atoms with Crippen LogP contribution in [0, 0.1) is 0 Å². The summed E-state index contributed by atoms with van der Waals surface area (Å²) in [4.78, 5) is 25.6. The molecule has 0 atom stereocenters. The molecule has 0 spiro atoms. The van der Waals surface area contributed by atoms with E-state index in [4.69, 9.17) is 36.8 Å². The van der Waals surface area contributed by atoms with Crippen molar-refractivity contribution >= 4 is 18.2 Å². The van der Waals surface area contributed by atoms with Gasteiger partial charge in [0.15, 0.2) is 0 Å². The minimum Gasteiger partial charge on any atom is -0.822 e. The van der Waals surface area contributed by atoms with Crippen molar-refractivity contribution in [3.8, 4) is 0 Å². The first kappa shape index (κ1) is 23.4. The summed E-state index contributed by atoms with van der Waals surface area (Å²) in [6.07, 6.45) is 0. The summed E-state index contributed by atoms with van der Waals surface area (Å²) in [6.45, 7) is 0. The van der Waals surface area contributed by atoms with E-state index < -0.39 is 18.2 Å². The van der Waals surface area contributed by atoms with Gasteiger partial charge in [0.1, 0.15) is 0 Å². The Morgan fingerprint density at radius 3 is 1.00 bits per heavy atom. The summed E-state index contributed by atoms with van der Waals surface area (Å²) in [7, 11) is -10.6. The maximum Gasteiger partial charge on any atom is 1.00 e. The van der Waals surface area contributed by atoms with Crippen LogP contribution in [0.3, 0.4) is 0 Å². The van der Waals surface area contributed by atoms with Crippen molar-refractivity contribution in [2.45, 2.75) is 0 Å². The van der Waals surface area contributed by atoms with Gasteiger partial charge >= 0.3 is 51.4 Å². The van der Waals surface area contributed by atoms with Gasteiger partial charge in [-0.2, -0.15) is 7.82 Å². The number of quaternary nitrogens is 1. The third-order valence-corrected chi connectivity index (χ3v) is 0. The van der Waals surface area contributed by atoms with Crippen LogP contribution < -0.4 is 72.2 Å². The van der Waals surface area contributed by atoms with E-state index in [0.29, 0.717) is 0 Å². The summed E-state index contributed by atoms with van der Waals surface area (Å²) in [5.41, 5.74) is 0. The van der Waals surface area contributed by atoms with Gasteiger partial charge < -0.3 is 34.5 Å². The van der Waals surface area contributed by atoms with Gasteiger partial charge in [-0.25, -0.2) is 0 Å². The largest absolute Gasteiger partial charge is 1.00 e. The molecule has 0 unspecified atom stereocenters. The SMILES string of the molecule is O=P([O-])([O-])[O-].O=S(=O)([O-])[O-].[K+].[NH4+]. The Morgan fingerprint density at radius 2 is 1.00 bits per heavy atom. The molecule has 12 heteroatoms. The van der Waals surface area contributed by atoms with Crippen LogP contribution in [0.1, 0.15) is 0 Å². The summed E-state index contributed by atoms with van der Waals surface area (Å²) in [5.74, 6) is 0. The molecule has 0 fully saturated rings. The Hall–Kier alpha value is 1.58. The summed E-state index contributed by atoms with van der Waals surface area (Å²) >= 11 is 0. The van der Waals surface area contributed by atoms with Crippen LogP contribution in [0.15, 0.2) is 0 Å². The number of hydrogen-bond donors (Lipinski definition) is 1. The topological polar surface area (TPSA) is 203 Å². The summed E-state index contributed by atoms with van der Waals surface area (Å²) in [6, 6.07) is 0. The van der Waals surface area contributed by atoms with Crippen molar-refractivity contribution in [3.05, 3.63) is 0 Å². The van der Waals surface area contributed by atoms with E-state index >= 15 is 0 Å². The van der Waals surface area contributed by atoms with Crippen molar-refractivity contribution in [1.29, 1.82) is 0 Å². The Morgan fingerprint density at radius 1 is 1.00 bits per heavy atom. The smallest absolute Gasteiger partial charge is 0.822 e. The average molecular weight is 248 g/mol. The number of rotatable bonds is 0. The Balaban J connectivity index is -0.0000000457. The third-order valence-electron chi connectivity index (χ3n) is 0. The average Bonchev–Trinajstić information content (AvgIpc) is 1.12. The molecule has 0 aliphatic heterocycles. The van der Waals surface area contributed by atoms with E-state index in [2.05, 4.69) is 0 Å². The van der Waals surface area contributed by atoms with Crippen molar-refractivity contribution in [2.75, 3.05) is 0 Å². The van der Waals surface area contributed by atoms with Crippen LogP contribution in [0.5, 0.6) is 0 Å². The van der Waals surface area contributed by atoms with Crippen LogP contribution >= 0.6 is 7.82 Å². The third kappa shape index (κ3) is 521. The predicted octanol–water partition coefficient (Wildman–Crippen LogP) is -6.78. The molecule has 0 aromatic heterocycles. The van der Waals surface area contributed by atoms with E-state index in [1.807, 2.05) is 0 Å². The Labute approximate surface area is 111 Å². The molecule has 0 saturated heterocycles. The predicted molar refractivity (Wildman–Crippen MR) is 24.1 cm³/mol. The normalized spacial score (nSPS) is 9.75. The van der Waals surface area contributed by atoms with Crippen molar-refractivity contribution < 1.29 is 88.2 Å². The van der Waals surface area contributed by atoms with Gasteiger partial charge in [-0.15, -0.1) is 0 Å². The van der Waals surface area contributed by atoms with Gasteiger partial charge in [-0.1, -0.05) is 0 Å². The Kier molecular flexibility index (Phi) is 17.8. The van der Waals surface area contributed by atoms with E-state index in [1.54, 1.807) is 0 Å². The van der Waals surface area contributed by atoms with Crippen LogP contribution in [-0.2, 0) is 15.0 Å². The molecule has 0 aromatic rings. The molecule has 0 aliphatic rings. The fourth-order valence-corrected chi connectivity index (χ4v) is 0. The zero-order chi connectivity index (χ0) is 9.00. The molecule has 0 saturated carbocycles. The molecule has 12 heavy (non-hydrogen) atoms. The molecular weight excluding hydrogens is 244 g/mol. The molecule has 0 amide bonds. The minimum atomic E-state index is -5.39. The van der Waals surface area contributed by atoms with E-state index in [-0.39, 0.29) is 57.5 Å². The first-order valence-electron chi connectivity index (χ1n) is 1.40. The van der Waals surface area contributed by atoms with Crippen LogP contribution in [0.4, 0.5) is 0 Å². The molecule has 0 radical (unpaired) electrons. The summed E-state index contributed by atoms with van der Waals surface area (Å²) < 4.78 is 42.6. The molecule has 0 rings (SSSR count). The zero-order valence-electron chi connectivity index (χ0n) is 6.12. The molecule has 0 aliphatic carbocycles. The molecule has 0 aromatic carbocycles. The first-order valence-corrected chi connectivity index (χ1v) is 4.19. The maximum absolute atomic E-state index is 8.55. The fraction of sp³-hybridized carbons (Fsp3) is 0. The van der Waals surface area contributed by atoms with Crippen LogP contribution in [0.2, 0.25) is 0 Å². The van der Waals surface area contributed by atoms with Crippen molar-refractivity contribution in [3.63, 3.8) is 0 Å². The quantitative estimate of drug-likeness (QED) is 0.188. The molecular formula is H4KNO8PS-3. The summed E-state index contributed by atoms with van der Waals surface area (Å²) in [5, 5.41) is 0. The van der Waals surface area contributed by atoms with Gasteiger partial charge in [-0.05, 0) is 0 Å². The van der Waals surface area contributed by atoms with E-state index in [1.165, 1.54) is 0 Å². The second-order valence-corrected chi connectivity index (χ2v) is 2.57. The number of hydrogen-bond acceptors (Lipinski definition) is 8.